The third-order valence-electron chi connectivity index (χ3n) is 8.90. The standard InChI is InChI=1S/C28H38N6O6S2.H2/c1-19-13-21(20-3-6-32(7-4-20)22-15-34(16-22)25(35)5-10-41(2,36)37)14-24-26(19)40-17-23-27(31-24)29-18-30-28(23)33-8-11-42(38,39)12-9-33;/h13-14,18,20,22H,3-12,15-17H2,1-2H3,(H,29,30,31);1H. The van der Waals surface area contributed by atoms with Crippen molar-refractivity contribution in [1.82, 2.24) is 19.8 Å². The number of nitrogens with one attached hydrogen (secondary N) is 1. The summed E-state index contributed by atoms with van der Waals surface area (Å²) in [5.41, 5.74) is 4.00. The van der Waals surface area contributed by atoms with Crippen LogP contribution >= 0.6 is 0 Å². The van der Waals surface area contributed by atoms with Gasteiger partial charge in [-0.3, -0.25) is 9.69 Å². The Kier molecular flexibility index (Phi) is 7.81. The Morgan fingerprint density at radius 1 is 1.12 bits per heavy atom. The number of fused-ring (bicyclic) bond motifs is 2. The van der Waals surface area contributed by atoms with Crippen molar-refractivity contribution in [3.63, 3.8) is 0 Å². The summed E-state index contributed by atoms with van der Waals surface area (Å²) < 4.78 is 52.9. The molecule has 4 aliphatic rings. The predicted octanol–water partition coefficient (Wildman–Crippen LogP) is 1.73. The molecule has 3 fully saturated rings. The fourth-order valence-electron chi connectivity index (χ4n) is 6.35. The molecule has 2 aromatic rings. The number of piperidine rings is 1. The molecule has 4 aliphatic heterocycles. The summed E-state index contributed by atoms with van der Waals surface area (Å²) in [6, 6.07) is 4.71. The summed E-state index contributed by atoms with van der Waals surface area (Å²) in [7, 11) is -6.14. The molecule has 1 aromatic heterocycles. The first-order valence-electron chi connectivity index (χ1n) is 14.5. The van der Waals surface area contributed by atoms with Gasteiger partial charge in [0.2, 0.25) is 5.91 Å². The van der Waals surface area contributed by atoms with Crippen molar-refractivity contribution in [2.24, 2.45) is 0 Å². The lowest BCUT2D eigenvalue weighted by Crippen LogP contribution is -2.62. The number of anilines is 3. The van der Waals surface area contributed by atoms with Crippen LogP contribution in [0.1, 0.15) is 43.3 Å². The minimum atomic E-state index is -3.14. The molecule has 42 heavy (non-hydrogen) atoms. The molecule has 0 bridgehead atoms. The van der Waals surface area contributed by atoms with Crippen LogP contribution in [-0.4, -0.2) is 111 Å². The second-order valence-corrected chi connectivity index (χ2v) is 16.5. The van der Waals surface area contributed by atoms with Crippen LogP contribution in [-0.2, 0) is 31.1 Å². The van der Waals surface area contributed by atoms with E-state index in [9.17, 15) is 21.6 Å². The topological polar surface area (TPSA) is 142 Å². The van der Waals surface area contributed by atoms with Crippen molar-refractivity contribution in [2.45, 2.75) is 44.8 Å². The first kappa shape index (κ1) is 29.1. The molecule has 0 spiro atoms. The van der Waals surface area contributed by atoms with Crippen LogP contribution < -0.4 is 15.0 Å². The summed E-state index contributed by atoms with van der Waals surface area (Å²) in [5, 5.41) is 3.49. The highest BCUT2D eigenvalue weighted by molar-refractivity contribution is 7.91. The molecular formula is C28H40N6O6S2. The Morgan fingerprint density at radius 3 is 2.52 bits per heavy atom. The number of hydrogen-bond acceptors (Lipinski definition) is 11. The number of carbonyl (C=O) groups excluding carboxylic acids is 1. The number of nitrogens with zero attached hydrogens (tertiary/aromatic N) is 5. The minimum Gasteiger partial charge on any atom is -0.486 e. The van der Waals surface area contributed by atoms with Gasteiger partial charge in [-0.05, 0) is 56.0 Å². The first-order valence-corrected chi connectivity index (χ1v) is 18.4. The van der Waals surface area contributed by atoms with E-state index in [1.54, 1.807) is 4.90 Å². The molecule has 230 valence electrons. The van der Waals surface area contributed by atoms with Crippen LogP contribution in [0, 0.1) is 6.92 Å². The SMILES string of the molecule is Cc1cc(C2CCN(C3CN(C(=O)CCS(C)(=O)=O)C3)CC2)cc2c1OCc1c(ncnc1N1CCS(=O)(=O)CC1)N2.[HH]. The third kappa shape index (κ3) is 6.20. The zero-order valence-corrected chi connectivity index (χ0v) is 25.7. The molecule has 0 unspecified atom stereocenters. The number of rotatable bonds is 6. The number of carbonyl (C=O) groups is 1. The largest absolute Gasteiger partial charge is 0.486 e. The van der Waals surface area contributed by atoms with Crippen LogP contribution in [0.2, 0.25) is 0 Å². The van der Waals surface area contributed by atoms with Crippen LogP contribution in [0.25, 0.3) is 0 Å². The van der Waals surface area contributed by atoms with E-state index in [2.05, 4.69) is 39.2 Å². The van der Waals surface area contributed by atoms with Crippen molar-refractivity contribution >= 4 is 42.9 Å². The minimum absolute atomic E-state index is 0. The number of aromatic nitrogens is 2. The monoisotopic (exact) mass is 620 g/mol. The molecule has 12 nitrogen and oxygen atoms in total. The average molecular weight is 621 g/mol. The lowest BCUT2D eigenvalue weighted by Gasteiger charge is -2.47. The smallest absolute Gasteiger partial charge is 0.223 e. The molecular weight excluding hydrogens is 580 g/mol. The number of hydrogen-bond donors (Lipinski definition) is 1. The van der Waals surface area contributed by atoms with E-state index in [-0.39, 0.29) is 31.0 Å². The Hall–Kier alpha value is -2.97. The Bertz CT molecular complexity index is 1580. The molecule has 0 atom stereocenters. The fraction of sp³-hybridized carbons (Fsp3) is 0.607. The molecule has 3 saturated heterocycles. The van der Waals surface area contributed by atoms with E-state index in [0.717, 1.165) is 54.8 Å². The summed E-state index contributed by atoms with van der Waals surface area (Å²) in [4.78, 5) is 27.5. The maximum Gasteiger partial charge on any atom is 0.223 e. The number of aryl methyl sites for hydroxylation is 1. The van der Waals surface area contributed by atoms with Gasteiger partial charge in [0.15, 0.2) is 9.84 Å². The van der Waals surface area contributed by atoms with Crippen molar-refractivity contribution in [2.75, 3.05) is 73.0 Å². The molecule has 5 heterocycles. The molecule has 1 N–H and O–H groups in total. The number of ether oxygens (including phenoxy) is 1. The fourth-order valence-corrected chi connectivity index (χ4v) is 8.10. The molecule has 1 amide bonds. The molecule has 0 radical (unpaired) electrons. The molecule has 14 heteroatoms. The van der Waals surface area contributed by atoms with Gasteiger partial charge in [0, 0.05) is 46.3 Å². The normalized spacial score (nSPS) is 21.4. The highest BCUT2D eigenvalue weighted by Gasteiger charge is 2.37. The summed E-state index contributed by atoms with van der Waals surface area (Å²) in [6.07, 6.45) is 4.76. The average Bonchev–Trinajstić information content (AvgIpc) is 3.11. The quantitative estimate of drug-likeness (QED) is 0.505. The first-order chi connectivity index (χ1) is 20.0. The van der Waals surface area contributed by atoms with Crippen molar-refractivity contribution in [1.29, 1.82) is 0 Å². The summed E-state index contributed by atoms with van der Waals surface area (Å²) in [6.45, 7) is 6.39. The molecule has 0 saturated carbocycles. The number of sulfone groups is 2. The lowest BCUT2D eigenvalue weighted by atomic mass is 9.87. The predicted molar refractivity (Wildman–Crippen MR) is 162 cm³/mol. The van der Waals surface area contributed by atoms with E-state index in [1.165, 1.54) is 11.9 Å². The number of benzene rings is 1. The van der Waals surface area contributed by atoms with Gasteiger partial charge in [-0.25, -0.2) is 26.8 Å². The van der Waals surface area contributed by atoms with E-state index < -0.39 is 19.7 Å². The number of amides is 1. The zero-order valence-electron chi connectivity index (χ0n) is 24.1. The Balaban J connectivity index is 0.00000368. The lowest BCUT2D eigenvalue weighted by molar-refractivity contribution is -0.138. The van der Waals surface area contributed by atoms with E-state index in [1.807, 2.05) is 4.90 Å². The zero-order chi connectivity index (χ0) is 29.6. The summed E-state index contributed by atoms with van der Waals surface area (Å²) >= 11 is 0. The van der Waals surface area contributed by atoms with Gasteiger partial charge in [-0.15, -0.1) is 0 Å². The Labute approximate surface area is 248 Å². The van der Waals surface area contributed by atoms with Crippen LogP contribution in [0.5, 0.6) is 5.75 Å². The maximum absolute atomic E-state index is 12.3. The van der Waals surface area contributed by atoms with E-state index >= 15 is 0 Å². The van der Waals surface area contributed by atoms with Crippen molar-refractivity contribution in [3.8, 4) is 5.75 Å². The maximum atomic E-state index is 12.3. The van der Waals surface area contributed by atoms with E-state index in [4.69, 9.17) is 4.74 Å². The second kappa shape index (κ2) is 11.3. The Morgan fingerprint density at radius 2 is 1.83 bits per heavy atom. The highest BCUT2D eigenvalue weighted by Crippen LogP contribution is 2.41. The van der Waals surface area contributed by atoms with Crippen LogP contribution in [0.4, 0.5) is 17.3 Å². The van der Waals surface area contributed by atoms with E-state index in [0.29, 0.717) is 56.4 Å². The van der Waals surface area contributed by atoms with Gasteiger partial charge in [-0.2, -0.15) is 0 Å². The molecule has 1 aromatic carbocycles. The van der Waals surface area contributed by atoms with Gasteiger partial charge >= 0.3 is 0 Å². The van der Waals surface area contributed by atoms with Gasteiger partial charge in [-0.1, -0.05) is 6.07 Å². The van der Waals surface area contributed by atoms with Gasteiger partial charge < -0.3 is 19.9 Å². The van der Waals surface area contributed by atoms with Gasteiger partial charge in [0.1, 0.15) is 40.2 Å². The molecule has 6 rings (SSSR count). The third-order valence-corrected chi connectivity index (χ3v) is 11.5. The van der Waals surface area contributed by atoms with Crippen molar-refractivity contribution < 1.29 is 27.8 Å². The van der Waals surface area contributed by atoms with Crippen LogP contribution in [0.15, 0.2) is 18.5 Å². The van der Waals surface area contributed by atoms with Crippen LogP contribution in [0.3, 0.4) is 0 Å². The van der Waals surface area contributed by atoms with Gasteiger partial charge in [0.05, 0.1) is 28.5 Å². The molecule has 0 aliphatic carbocycles. The number of likely N-dealkylation sites (tertiary alicyclic amines) is 2. The van der Waals surface area contributed by atoms with Gasteiger partial charge in [0.25, 0.3) is 0 Å². The summed E-state index contributed by atoms with van der Waals surface area (Å²) in [5.74, 6) is 2.64. The highest BCUT2D eigenvalue weighted by atomic mass is 32.2. The van der Waals surface area contributed by atoms with Crippen molar-refractivity contribution in [3.05, 3.63) is 35.2 Å². The second-order valence-electron chi connectivity index (χ2n) is 11.9.